The van der Waals surface area contributed by atoms with E-state index in [1.807, 2.05) is 0 Å². The summed E-state index contributed by atoms with van der Waals surface area (Å²) in [5.41, 5.74) is -0.687. The number of hydrogen-bond acceptors (Lipinski definition) is 5. The van der Waals surface area contributed by atoms with Crippen molar-refractivity contribution in [2.24, 2.45) is 0 Å². The quantitative estimate of drug-likeness (QED) is 0.342. The molecule has 0 saturated carbocycles. The van der Waals surface area contributed by atoms with Crippen molar-refractivity contribution < 1.29 is 16.8 Å². The molecule has 5 nitrogen and oxygen atoms in total. The predicted octanol–water partition coefficient (Wildman–Crippen LogP) is 5.93. The molecule has 0 bridgehead atoms. The van der Waals surface area contributed by atoms with Crippen LogP contribution in [0.3, 0.4) is 0 Å². The minimum absolute atomic E-state index is 0. The molecular formula is C18H41NO4S. The molecule has 3 N–H and O–H groups in total. The van der Waals surface area contributed by atoms with E-state index >= 15 is 0 Å². The second-order valence-electron chi connectivity index (χ2n) is 7.06. The van der Waals surface area contributed by atoms with Crippen molar-refractivity contribution in [2.45, 2.75) is 110 Å². The molecule has 0 unspecified atom stereocenters. The van der Waals surface area contributed by atoms with Crippen LogP contribution in [0.1, 0.15) is 104 Å². The van der Waals surface area contributed by atoms with Gasteiger partial charge < -0.3 is 6.15 Å². The highest BCUT2D eigenvalue weighted by Crippen LogP contribution is 2.22. The summed E-state index contributed by atoms with van der Waals surface area (Å²) in [5.74, 6) is 0. The van der Waals surface area contributed by atoms with Crippen molar-refractivity contribution in [3.63, 3.8) is 0 Å². The first-order valence-electron chi connectivity index (χ1n) is 9.34. The van der Waals surface area contributed by atoms with Crippen LogP contribution in [0, 0.1) is 0 Å². The molecule has 0 heterocycles. The van der Waals surface area contributed by atoms with Gasteiger partial charge >= 0.3 is 10.4 Å². The van der Waals surface area contributed by atoms with E-state index in [-0.39, 0.29) is 6.15 Å². The minimum atomic E-state index is -3.84. The Kier molecular flexibility index (Phi) is 16.4. The Morgan fingerprint density at radius 2 is 1.12 bits per heavy atom. The fourth-order valence-electron chi connectivity index (χ4n) is 2.74. The molecule has 0 rings (SSSR count). The van der Waals surface area contributed by atoms with E-state index in [1.165, 1.54) is 64.2 Å². The van der Waals surface area contributed by atoms with Crippen molar-refractivity contribution in [2.75, 3.05) is 7.11 Å². The summed E-state index contributed by atoms with van der Waals surface area (Å²) in [7, 11) is -2.72. The predicted molar refractivity (Wildman–Crippen MR) is 102 cm³/mol. The van der Waals surface area contributed by atoms with Crippen LogP contribution < -0.4 is 6.15 Å². The zero-order chi connectivity index (χ0) is 17.6. The maximum Gasteiger partial charge on any atom is 0.400 e. The summed E-state index contributed by atoms with van der Waals surface area (Å²) in [6, 6.07) is 0. The van der Waals surface area contributed by atoms with Crippen molar-refractivity contribution in [3.05, 3.63) is 0 Å². The molecule has 0 aromatic heterocycles. The molecule has 0 aliphatic heterocycles. The average Bonchev–Trinajstić information content (AvgIpc) is 2.47. The zero-order valence-electron chi connectivity index (χ0n) is 16.4. The molecule has 0 aliphatic carbocycles. The lowest BCUT2D eigenvalue weighted by Gasteiger charge is -2.23. The summed E-state index contributed by atoms with van der Waals surface area (Å²) < 4.78 is 31.9. The third kappa shape index (κ3) is 16.7. The normalized spacial score (nSPS) is 12.2. The average molecular weight is 368 g/mol. The highest BCUT2D eigenvalue weighted by molar-refractivity contribution is 7.81. The maximum absolute atomic E-state index is 11.3. The maximum atomic E-state index is 11.3. The molecule has 0 radical (unpaired) electrons. The topological polar surface area (TPSA) is 87.6 Å². The Labute approximate surface area is 150 Å². The van der Waals surface area contributed by atoms with Gasteiger partial charge in [0.1, 0.15) is 0 Å². The van der Waals surface area contributed by atoms with Crippen LogP contribution in [0.25, 0.3) is 0 Å². The van der Waals surface area contributed by atoms with E-state index in [0.29, 0.717) is 0 Å². The smallest absolute Gasteiger partial charge is 0.344 e. The molecule has 0 aliphatic rings. The van der Waals surface area contributed by atoms with Gasteiger partial charge in [-0.3, -0.25) is 4.18 Å². The lowest BCUT2D eigenvalue weighted by Crippen LogP contribution is -2.28. The van der Waals surface area contributed by atoms with Gasteiger partial charge in [0.2, 0.25) is 0 Å². The van der Waals surface area contributed by atoms with Crippen LogP contribution in [0.2, 0.25) is 0 Å². The molecule has 0 aromatic rings. The Bertz CT molecular complexity index is 369. The molecule has 0 amide bonds. The van der Waals surface area contributed by atoms with E-state index in [0.717, 1.165) is 26.4 Å². The first kappa shape index (κ1) is 26.1. The van der Waals surface area contributed by atoms with Crippen LogP contribution in [0.5, 0.6) is 0 Å². The molecule has 0 spiro atoms. The molecular weight excluding hydrogens is 326 g/mol. The molecule has 0 saturated heterocycles. The molecule has 0 aromatic carbocycles. The highest BCUT2D eigenvalue weighted by atomic mass is 32.3. The largest absolute Gasteiger partial charge is 0.400 e. The Morgan fingerprint density at radius 3 is 1.50 bits per heavy atom. The van der Waals surface area contributed by atoms with E-state index in [1.54, 1.807) is 13.8 Å². The summed E-state index contributed by atoms with van der Waals surface area (Å²) in [4.78, 5) is 0. The van der Waals surface area contributed by atoms with Gasteiger partial charge in [0.15, 0.2) is 0 Å². The standard InChI is InChI=1S/C18H38O4S.H3N/c1-5-6-7-8-9-10-11-12-13-14-15-16-17-18(2,3)22-23(19,20)21-4;/h5-17H2,1-4H3;1H3. The van der Waals surface area contributed by atoms with Gasteiger partial charge in [-0.05, 0) is 20.3 Å². The zero-order valence-corrected chi connectivity index (χ0v) is 17.3. The molecule has 148 valence electrons. The first-order chi connectivity index (χ1) is 10.8. The third-order valence-corrected chi connectivity index (χ3v) is 5.23. The van der Waals surface area contributed by atoms with Gasteiger partial charge in [-0.1, -0.05) is 84.0 Å². The van der Waals surface area contributed by atoms with Gasteiger partial charge in [0.05, 0.1) is 12.7 Å². The molecule has 6 heteroatoms. The Balaban J connectivity index is 0. The van der Waals surface area contributed by atoms with Crippen molar-refractivity contribution in [1.29, 1.82) is 0 Å². The van der Waals surface area contributed by atoms with Crippen LogP contribution in [-0.2, 0) is 18.8 Å². The fourth-order valence-corrected chi connectivity index (χ4v) is 3.45. The van der Waals surface area contributed by atoms with Crippen molar-refractivity contribution in [1.82, 2.24) is 6.15 Å². The number of unbranched alkanes of at least 4 members (excludes halogenated alkanes) is 11. The van der Waals surface area contributed by atoms with E-state index in [4.69, 9.17) is 4.18 Å². The van der Waals surface area contributed by atoms with Crippen LogP contribution in [-0.4, -0.2) is 21.1 Å². The third-order valence-electron chi connectivity index (χ3n) is 4.16. The summed E-state index contributed by atoms with van der Waals surface area (Å²) in [5, 5.41) is 0. The lowest BCUT2D eigenvalue weighted by atomic mass is 9.99. The van der Waals surface area contributed by atoms with E-state index in [9.17, 15) is 8.42 Å². The highest BCUT2D eigenvalue weighted by Gasteiger charge is 2.26. The number of hydrogen-bond donors (Lipinski definition) is 1. The van der Waals surface area contributed by atoms with Crippen LogP contribution in [0.4, 0.5) is 0 Å². The summed E-state index contributed by atoms with van der Waals surface area (Å²) in [6.07, 6.45) is 16.3. The second-order valence-corrected chi connectivity index (χ2v) is 8.37. The monoisotopic (exact) mass is 367 g/mol. The van der Waals surface area contributed by atoms with Crippen LogP contribution >= 0.6 is 0 Å². The van der Waals surface area contributed by atoms with Gasteiger partial charge in [-0.2, -0.15) is 8.42 Å². The molecule has 0 fully saturated rings. The molecule has 0 atom stereocenters. The van der Waals surface area contributed by atoms with Crippen molar-refractivity contribution in [3.8, 4) is 0 Å². The fraction of sp³-hybridized carbons (Fsp3) is 1.00. The lowest BCUT2D eigenvalue weighted by molar-refractivity contribution is 0.0820. The van der Waals surface area contributed by atoms with E-state index in [2.05, 4.69) is 11.1 Å². The second kappa shape index (κ2) is 15.1. The Hall–Kier alpha value is -0.170. The minimum Gasteiger partial charge on any atom is -0.344 e. The van der Waals surface area contributed by atoms with Crippen LogP contribution in [0.15, 0.2) is 0 Å². The van der Waals surface area contributed by atoms with Gasteiger partial charge in [-0.25, -0.2) is 4.18 Å². The first-order valence-corrected chi connectivity index (χ1v) is 10.7. The number of rotatable bonds is 16. The Morgan fingerprint density at radius 1 is 0.750 bits per heavy atom. The van der Waals surface area contributed by atoms with E-state index < -0.39 is 16.0 Å². The summed E-state index contributed by atoms with van der Waals surface area (Å²) in [6.45, 7) is 5.84. The van der Waals surface area contributed by atoms with Crippen molar-refractivity contribution >= 4 is 10.4 Å². The summed E-state index contributed by atoms with van der Waals surface area (Å²) >= 11 is 0. The molecule has 24 heavy (non-hydrogen) atoms. The van der Waals surface area contributed by atoms with Gasteiger partial charge in [0.25, 0.3) is 0 Å². The SMILES string of the molecule is CCCCCCCCCCCCCCC(C)(C)OS(=O)(=O)OC.N. The van der Waals surface area contributed by atoms with Gasteiger partial charge in [-0.15, -0.1) is 0 Å². The van der Waals surface area contributed by atoms with Gasteiger partial charge in [0, 0.05) is 0 Å².